The molecule has 2 atom stereocenters. The molecule has 6 heteroatoms. The molecule has 0 aliphatic heterocycles. The number of rotatable bonds is 4. The van der Waals surface area contributed by atoms with E-state index in [0.717, 1.165) is 11.1 Å². The highest BCUT2D eigenvalue weighted by molar-refractivity contribution is 6.30. The normalized spacial score (nSPS) is 13.8. The molecule has 2 rings (SSSR count). The average molecular weight is 381 g/mol. The van der Waals surface area contributed by atoms with Gasteiger partial charge in [0.05, 0.1) is 12.1 Å². The zero-order valence-electron chi connectivity index (χ0n) is 14.4. The first-order valence-electron chi connectivity index (χ1n) is 7.92. The van der Waals surface area contributed by atoms with Crippen LogP contribution in [-0.2, 0) is 4.74 Å². The molecule has 0 spiro atoms. The summed E-state index contributed by atoms with van der Waals surface area (Å²) in [7, 11) is 0. The summed E-state index contributed by atoms with van der Waals surface area (Å²) in [6.45, 7) is 5.43. The summed E-state index contributed by atoms with van der Waals surface area (Å²) in [5.41, 5.74) is 7.51. The second-order valence-electron chi connectivity index (χ2n) is 6.75. The smallest absolute Gasteiger partial charge is 0.408 e. The SMILES string of the molecule is CC(C)(C)OC(=O)NC(c1ccc(Cl)cc1)C(N)c1ccc(Cl)cc1. The predicted molar refractivity (Wildman–Crippen MR) is 102 cm³/mol. The Morgan fingerprint density at radius 3 is 1.84 bits per heavy atom. The van der Waals surface area contributed by atoms with Gasteiger partial charge < -0.3 is 15.8 Å². The monoisotopic (exact) mass is 380 g/mol. The van der Waals surface area contributed by atoms with Crippen LogP contribution in [0.15, 0.2) is 48.5 Å². The molecule has 2 aromatic carbocycles. The van der Waals surface area contributed by atoms with Gasteiger partial charge in [0.2, 0.25) is 0 Å². The molecule has 0 heterocycles. The molecule has 2 aromatic rings. The van der Waals surface area contributed by atoms with Crippen LogP contribution in [0.5, 0.6) is 0 Å². The van der Waals surface area contributed by atoms with Gasteiger partial charge in [0.1, 0.15) is 5.60 Å². The first-order valence-corrected chi connectivity index (χ1v) is 8.67. The van der Waals surface area contributed by atoms with Gasteiger partial charge in [-0.1, -0.05) is 47.5 Å². The topological polar surface area (TPSA) is 64.3 Å². The van der Waals surface area contributed by atoms with E-state index in [9.17, 15) is 4.79 Å². The number of halogens is 2. The molecule has 3 N–H and O–H groups in total. The average Bonchev–Trinajstić information content (AvgIpc) is 2.52. The van der Waals surface area contributed by atoms with E-state index in [0.29, 0.717) is 10.0 Å². The Labute approximate surface area is 158 Å². The molecule has 2 unspecified atom stereocenters. The van der Waals surface area contributed by atoms with E-state index in [1.165, 1.54) is 0 Å². The van der Waals surface area contributed by atoms with E-state index in [2.05, 4.69) is 5.32 Å². The highest BCUT2D eigenvalue weighted by Gasteiger charge is 2.26. The maximum Gasteiger partial charge on any atom is 0.408 e. The van der Waals surface area contributed by atoms with Crippen LogP contribution >= 0.6 is 23.2 Å². The van der Waals surface area contributed by atoms with E-state index in [1.807, 2.05) is 45.0 Å². The van der Waals surface area contributed by atoms with E-state index >= 15 is 0 Å². The van der Waals surface area contributed by atoms with Crippen molar-refractivity contribution in [3.63, 3.8) is 0 Å². The Morgan fingerprint density at radius 1 is 0.960 bits per heavy atom. The number of carbonyl (C=O) groups excluding carboxylic acids is 1. The highest BCUT2D eigenvalue weighted by Crippen LogP contribution is 2.29. The van der Waals surface area contributed by atoms with Crippen LogP contribution in [0.4, 0.5) is 4.79 Å². The fourth-order valence-corrected chi connectivity index (χ4v) is 2.61. The van der Waals surface area contributed by atoms with Gasteiger partial charge in [0, 0.05) is 10.0 Å². The second kappa shape index (κ2) is 8.09. The quantitative estimate of drug-likeness (QED) is 0.759. The number of alkyl carbamates (subject to hydrolysis) is 1. The first-order chi connectivity index (χ1) is 11.7. The molecule has 0 aromatic heterocycles. The van der Waals surface area contributed by atoms with E-state index < -0.39 is 23.8 Å². The first kappa shape index (κ1) is 19.6. The summed E-state index contributed by atoms with van der Waals surface area (Å²) in [4.78, 5) is 12.3. The Balaban J connectivity index is 2.29. The second-order valence-corrected chi connectivity index (χ2v) is 7.63. The lowest BCUT2D eigenvalue weighted by Crippen LogP contribution is -2.39. The number of ether oxygens (including phenoxy) is 1. The number of nitrogens with one attached hydrogen (secondary N) is 1. The molecular weight excluding hydrogens is 359 g/mol. The van der Waals surface area contributed by atoms with Crippen molar-refractivity contribution in [2.24, 2.45) is 5.73 Å². The summed E-state index contributed by atoms with van der Waals surface area (Å²) < 4.78 is 5.37. The molecule has 0 aliphatic rings. The van der Waals surface area contributed by atoms with Gasteiger partial charge in [0.15, 0.2) is 0 Å². The minimum Gasteiger partial charge on any atom is -0.444 e. The van der Waals surface area contributed by atoms with Crippen LogP contribution in [0.25, 0.3) is 0 Å². The molecule has 0 saturated heterocycles. The molecule has 0 radical (unpaired) electrons. The molecule has 0 fully saturated rings. The van der Waals surface area contributed by atoms with Crippen molar-refractivity contribution in [3.8, 4) is 0 Å². The largest absolute Gasteiger partial charge is 0.444 e. The maximum absolute atomic E-state index is 12.3. The van der Waals surface area contributed by atoms with Crippen LogP contribution in [0.3, 0.4) is 0 Å². The van der Waals surface area contributed by atoms with Crippen LogP contribution in [0.2, 0.25) is 10.0 Å². The highest BCUT2D eigenvalue weighted by atomic mass is 35.5. The Morgan fingerprint density at radius 2 is 1.40 bits per heavy atom. The van der Waals surface area contributed by atoms with Gasteiger partial charge in [-0.05, 0) is 56.2 Å². The molecular formula is C19H22Cl2N2O2. The Hall–Kier alpha value is -1.75. The van der Waals surface area contributed by atoms with E-state index in [-0.39, 0.29) is 0 Å². The lowest BCUT2D eigenvalue weighted by Gasteiger charge is -2.28. The third-order valence-corrected chi connectivity index (χ3v) is 4.02. The van der Waals surface area contributed by atoms with Gasteiger partial charge >= 0.3 is 6.09 Å². The van der Waals surface area contributed by atoms with Crippen molar-refractivity contribution in [1.29, 1.82) is 0 Å². The van der Waals surface area contributed by atoms with Gasteiger partial charge in [-0.25, -0.2) is 4.79 Å². The van der Waals surface area contributed by atoms with Gasteiger partial charge in [-0.15, -0.1) is 0 Å². The van der Waals surface area contributed by atoms with Crippen molar-refractivity contribution in [2.75, 3.05) is 0 Å². The van der Waals surface area contributed by atoms with E-state index in [1.54, 1.807) is 24.3 Å². The third-order valence-electron chi connectivity index (χ3n) is 3.52. The predicted octanol–water partition coefficient (Wildman–Crippen LogP) is 5.26. The van der Waals surface area contributed by atoms with Crippen molar-refractivity contribution in [3.05, 3.63) is 69.7 Å². The molecule has 0 saturated carbocycles. The molecule has 134 valence electrons. The van der Waals surface area contributed by atoms with Crippen LogP contribution in [0, 0.1) is 0 Å². The number of carbonyl (C=O) groups is 1. The maximum atomic E-state index is 12.3. The number of nitrogens with two attached hydrogens (primary N) is 1. The summed E-state index contributed by atoms with van der Waals surface area (Å²) >= 11 is 11.9. The van der Waals surface area contributed by atoms with Gasteiger partial charge in [-0.3, -0.25) is 0 Å². The Bertz CT molecular complexity index is 710. The summed E-state index contributed by atoms with van der Waals surface area (Å²) in [6.07, 6.45) is -0.531. The van der Waals surface area contributed by atoms with Crippen LogP contribution in [-0.4, -0.2) is 11.7 Å². The zero-order valence-corrected chi connectivity index (χ0v) is 15.9. The molecule has 1 amide bonds. The van der Waals surface area contributed by atoms with Crippen molar-refractivity contribution in [1.82, 2.24) is 5.32 Å². The summed E-state index contributed by atoms with van der Waals surface area (Å²) in [5, 5.41) is 4.10. The minimum absolute atomic E-state index is 0.478. The fraction of sp³-hybridized carbons (Fsp3) is 0.316. The molecule has 25 heavy (non-hydrogen) atoms. The number of benzene rings is 2. The van der Waals surface area contributed by atoms with Gasteiger partial charge in [-0.2, -0.15) is 0 Å². The number of amides is 1. The molecule has 4 nitrogen and oxygen atoms in total. The Kier molecular flexibility index (Phi) is 6.33. The van der Waals surface area contributed by atoms with Crippen molar-refractivity contribution >= 4 is 29.3 Å². The van der Waals surface area contributed by atoms with E-state index in [4.69, 9.17) is 33.7 Å². The summed E-state index contributed by atoms with van der Waals surface area (Å²) in [6, 6.07) is 13.4. The van der Waals surface area contributed by atoms with Crippen LogP contribution in [0.1, 0.15) is 44.0 Å². The fourth-order valence-electron chi connectivity index (χ4n) is 2.36. The lowest BCUT2D eigenvalue weighted by molar-refractivity contribution is 0.0495. The number of hydrogen-bond acceptors (Lipinski definition) is 3. The molecule has 0 aliphatic carbocycles. The number of hydrogen-bond donors (Lipinski definition) is 2. The minimum atomic E-state index is -0.598. The lowest BCUT2D eigenvalue weighted by atomic mass is 9.94. The zero-order chi connectivity index (χ0) is 18.6. The van der Waals surface area contributed by atoms with Gasteiger partial charge in [0.25, 0.3) is 0 Å². The van der Waals surface area contributed by atoms with Crippen molar-refractivity contribution < 1.29 is 9.53 Å². The molecule has 0 bridgehead atoms. The van der Waals surface area contributed by atoms with Crippen LogP contribution < -0.4 is 11.1 Å². The van der Waals surface area contributed by atoms with Crippen molar-refractivity contribution in [2.45, 2.75) is 38.5 Å². The standard InChI is InChI=1S/C19H22Cl2N2O2/c1-19(2,3)25-18(24)23-17(13-6-10-15(21)11-7-13)16(22)12-4-8-14(20)9-5-12/h4-11,16-17H,22H2,1-3H3,(H,23,24). The third kappa shape index (κ3) is 5.92. The summed E-state index contributed by atoms with van der Waals surface area (Å²) in [5.74, 6) is 0.